The molecule has 0 saturated carbocycles. The minimum Gasteiger partial charge on any atom is -0.465 e. The Morgan fingerprint density at radius 1 is 0.933 bits per heavy atom. The summed E-state index contributed by atoms with van der Waals surface area (Å²) in [6.07, 6.45) is 4.20. The smallest absolute Gasteiger partial charge is 0.407 e. The monoisotopic (exact) mass is 613 g/mol. The van der Waals surface area contributed by atoms with E-state index in [4.69, 9.17) is 5.73 Å². The molecule has 3 aromatic rings. The Labute approximate surface area is 266 Å². The number of hydrogen-bond donors (Lipinski definition) is 2. The fraction of sp³-hybridized carbons (Fsp3) is 0.472. The van der Waals surface area contributed by atoms with Crippen molar-refractivity contribution in [2.24, 2.45) is 12.8 Å². The molecule has 0 radical (unpaired) electrons. The second-order valence-electron chi connectivity index (χ2n) is 12.5. The highest BCUT2D eigenvalue weighted by atomic mass is 16.4. The third-order valence-electron chi connectivity index (χ3n) is 9.63. The molecule has 240 valence electrons. The molecule has 45 heavy (non-hydrogen) atoms. The Morgan fingerprint density at radius 2 is 1.62 bits per heavy atom. The predicted octanol–water partition coefficient (Wildman–Crippen LogP) is 5.60. The average molecular weight is 614 g/mol. The van der Waals surface area contributed by atoms with Crippen LogP contribution in [0.2, 0.25) is 0 Å². The lowest BCUT2D eigenvalue weighted by Crippen LogP contribution is -2.48. The third-order valence-corrected chi connectivity index (χ3v) is 9.63. The zero-order valence-corrected chi connectivity index (χ0v) is 27.1. The molecule has 3 heterocycles. The number of aromatic nitrogens is 1. The Bertz CT molecular complexity index is 1570. The van der Waals surface area contributed by atoms with Crippen molar-refractivity contribution >= 4 is 17.9 Å². The normalized spacial score (nSPS) is 15.9. The van der Waals surface area contributed by atoms with Gasteiger partial charge in [-0.1, -0.05) is 51.0 Å². The summed E-state index contributed by atoms with van der Waals surface area (Å²) in [6.45, 7) is 9.09. The first-order chi connectivity index (χ1) is 21.7. The molecule has 3 N–H and O–H groups in total. The van der Waals surface area contributed by atoms with Crippen LogP contribution in [0.4, 0.5) is 4.79 Å². The maximum absolute atomic E-state index is 14.6. The van der Waals surface area contributed by atoms with Crippen LogP contribution in [0.3, 0.4) is 0 Å². The molecule has 0 spiro atoms. The Kier molecular flexibility index (Phi) is 9.97. The maximum atomic E-state index is 14.6. The van der Waals surface area contributed by atoms with Crippen molar-refractivity contribution < 1.29 is 19.5 Å². The van der Waals surface area contributed by atoms with Gasteiger partial charge >= 0.3 is 6.09 Å². The van der Waals surface area contributed by atoms with Gasteiger partial charge in [-0.2, -0.15) is 0 Å². The molecule has 1 atom stereocenters. The van der Waals surface area contributed by atoms with E-state index in [-0.39, 0.29) is 24.4 Å². The van der Waals surface area contributed by atoms with Crippen molar-refractivity contribution in [2.45, 2.75) is 78.4 Å². The summed E-state index contributed by atoms with van der Waals surface area (Å²) in [6, 6.07) is 13.9. The topological polar surface area (TPSA) is 112 Å². The van der Waals surface area contributed by atoms with Crippen molar-refractivity contribution in [2.75, 3.05) is 26.2 Å². The quantitative estimate of drug-likeness (QED) is 0.309. The molecule has 5 rings (SSSR count). The van der Waals surface area contributed by atoms with E-state index in [2.05, 4.69) is 26.0 Å². The van der Waals surface area contributed by atoms with Crippen LogP contribution in [0.1, 0.15) is 88.2 Å². The molecule has 2 aliphatic rings. The van der Waals surface area contributed by atoms with Crippen molar-refractivity contribution in [3.63, 3.8) is 0 Å². The molecule has 0 unspecified atom stereocenters. The van der Waals surface area contributed by atoms with Gasteiger partial charge in [-0.15, -0.1) is 0 Å². The first-order valence-electron chi connectivity index (χ1n) is 16.4. The highest BCUT2D eigenvalue weighted by Crippen LogP contribution is 2.35. The summed E-state index contributed by atoms with van der Waals surface area (Å²) in [5.74, 6) is -0.112. The first-order valence-corrected chi connectivity index (χ1v) is 16.4. The van der Waals surface area contributed by atoms with Gasteiger partial charge in [0.15, 0.2) is 0 Å². The number of carbonyl (C=O) groups excluding carboxylic acids is 2. The molecule has 0 aliphatic carbocycles. The van der Waals surface area contributed by atoms with Crippen LogP contribution in [0.15, 0.2) is 42.5 Å². The Hall–Kier alpha value is -4.11. The molecule has 9 heteroatoms. The number of benzene rings is 2. The van der Waals surface area contributed by atoms with Crippen LogP contribution in [0, 0.1) is 6.92 Å². The third kappa shape index (κ3) is 6.50. The molecule has 0 bridgehead atoms. The number of hydrogen-bond acceptors (Lipinski definition) is 4. The molecular weight excluding hydrogens is 566 g/mol. The van der Waals surface area contributed by atoms with E-state index in [1.54, 1.807) is 0 Å². The fourth-order valence-corrected chi connectivity index (χ4v) is 6.71. The van der Waals surface area contributed by atoms with Crippen LogP contribution >= 0.6 is 0 Å². The number of amides is 3. The van der Waals surface area contributed by atoms with E-state index in [9.17, 15) is 19.5 Å². The van der Waals surface area contributed by atoms with Gasteiger partial charge in [0.25, 0.3) is 11.8 Å². The zero-order valence-electron chi connectivity index (χ0n) is 27.1. The van der Waals surface area contributed by atoms with Crippen LogP contribution in [-0.2, 0) is 33.0 Å². The summed E-state index contributed by atoms with van der Waals surface area (Å²) < 4.78 is 2.02. The van der Waals surface area contributed by atoms with E-state index < -0.39 is 6.09 Å². The number of nitrogens with two attached hydrogens (primary N) is 1. The maximum Gasteiger partial charge on any atom is 0.407 e. The molecule has 0 saturated heterocycles. The minimum atomic E-state index is -0.967. The van der Waals surface area contributed by atoms with Crippen LogP contribution in [0.25, 0.3) is 11.3 Å². The van der Waals surface area contributed by atoms with Crippen LogP contribution < -0.4 is 5.73 Å². The second-order valence-corrected chi connectivity index (χ2v) is 12.5. The fourth-order valence-electron chi connectivity index (χ4n) is 6.71. The van der Waals surface area contributed by atoms with Gasteiger partial charge in [0, 0.05) is 74.9 Å². The van der Waals surface area contributed by atoms with Crippen molar-refractivity contribution in [3.8, 4) is 11.3 Å². The highest BCUT2D eigenvalue weighted by Gasteiger charge is 2.33. The molecular formula is C36H47N5O4. The Balaban J connectivity index is 1.60. The lowest BCUT2D eigenvalue weighted by Gasteiger charge is -2.37. The summed E-state index contributed by atoms with van der Waals surface area (Å²) in [7, 11) is 1.95. The van der Waals surface area contributed by atoms with Crippen molar-refractivity contribution in [1.82, 2.24) is 19.3 Å². The predicted molar refractivity (Wildman–Crippen MR) is 176 cm³/mol. The number of unbranched alkanes of at least 4 members (excludes halogenated alkanes) is 2. The first kappa shape index (κ1) is 32.3. The van der Waals surface area contributed by atoms with E-state index in [0.29, 0.717) is 43.6 Å². The van der Waals surface area contributed by atoms with Crippen molar-refractivity contribution in [3.05, 3.63) is 81.5 Å². The van der Waals surface area contributed by atoms with Gasteiger partial charge in [0.05, 0.1) is 5.56 Å². The van der Waals surface area contributed by atoms with Crippen molar-refractivity contribution in [1.29, 1.82) is 0 Å². The van der Waals surface area contributed by atoms with Gasteiger partial charge in [-0.05, 0) is 73.1 Å². The number of carbonyl (C=O) groups is 3. The Morgan fingerprint density at radius 3 is 2.27 bits per heavy atom. The van der Waals surface area contributed by atoms with Gasteiger partial charge < -0.3 is 30.1 Å². The molecule has 9 nitrogen and oxygen atoms in total. The average Bonchev–Trinajstić information content (AvgIpc) is 3.35. The van der Waals surface area contributed by atoms with Gasteiger partial charge in [0.1, 0.15) is 0 Å². The lowest BCUT2D eigenvalue weighted by atomic mass is 9.89. The lowest BCUT2D eigenvalue weighted by molar-refractivity contribution is 0.0648. The van der Waals surface area contributed by atoms with E-state index in [1.165, 1.54) is 10.5 Å². The largest absolute Gasteiger partial charge is 0.465 e. The molecule has 0 fully saturated rings. The summed E-state index contributed by atoms with van der Waals surface area (Å²) in [5, 5.41) is 9.71. The van der Waals surface area contributed by atoms with E-state index in [0.717, 1.165) is 72.4 Å². The van der Waals surface area contributed by atoms with E-state index >= 15 is 0 Å². The SMILES string of the molecule is CCCCN(CCCC)C(=O)c1cc(-c2cc3c(cc2C(=O)N2Cc4ccccc4C[C@H]2CN)CN(C(=O)O)CC3)n(C)c1C. The van der Waals surface area contributed by atoms with Gasteiger partial charge in [-0.3, -0.25) is 9.59 Å². The number of carboxylic acid groups (broad SMARTS) is 1. The number of fused-ring (bicyclic) bond motifs is 2. The molecule has 2 aromatic carbocycles. The summed E-state index contributed by atoms with van der Waals surface area (Å²) >= 11 is 0. The number of rotatable bonds is 10. The second kappa shape index (κ2) is 13.9. The van der Waals surface area contributed by atoms with Crippen LogP contribution in [-0.4, -0.2) is 74.5 Å². The van der Waals surface area contributed by atoms with Gasteiger partial charge in [-0.25, -0.2) is 4.79 Å². The molecule has 2 aliphatic heterocycles. The minimum absolute atomic E-state index is 0.0232. The summed E-state index contributed by atoms with van der Waals surface area (Å²) in [4.78, 5) is 45.6. The molecule has 3 amide bonds. The molecule has 1 aromatic heterocycles. The van der Waals surface area contributed by atoms with Gasteiger partial charge in [0.2, 0.25) is 0 Å². The standard InChI is InChI=1S/C36H47N5O4/c1-5-7-14-39(15-8-6-2)34(42)30-20-33(38(4)24(30)3)31-18-26-13-16-40(36(44)45)22-28(26)19-32(31)35(43)41-23-27-12-10-9-11-25(27)17-29(41)21-37/h9-12,18-20,29H,5-8,13-17,21-23,37H2,1-4H3,(H,44,45)/t29-/m0/s1. The summed E-state index contributed by atoms with van der Waals surface area (Å²) in [5.41, 5.74) is 14.0. The van der Waals surface area contributed by atoms with Crippen LogP contribution in [0.5, 0.6) is 0 Å². The highest BCUT2D eigenvalue weighted by molar-refractivity contribution is 6.03. The van der Waals surface area contributed by atoms with E-state index in [1.807, 2.05) is 58.7 Å². The zero-order chi connectivity index (χ0) is 32.2. The number of nitrogens with zero attached hydrogens (tertiary/aromatic N) is 4.